The Hall–Kier alpha value is -3.26. The molecule has 2 aromatic heterocycles. The van der Waals surface area contributed by atoms with Gasteiger partial charge in [0.2, 0.25) is 0 Å². The minimum absolute atomic E-state index is 0.0308. The molecule has 5 nitrogen and oxygen atoms in total. The lowest BCUT2D eigenvalue weighted by atomic mass is 10.1. The Morgan fingerprint density at radius 2 is 2.17 bits per heavy atom. The van der Waals surface area contributed by atoms with Gasteiger partial charge in [0.05, 0.1) is 0 Å². The van der Waals surface area contributed by atoms with E-state index in [2.05, 4.69) is 10.3 Å². The number of fused-ring (bicyclic) bond motifs is 1. The number of carbonyl (C=O) groups is 1. The average molecular weight is 319 g/mol. The first-order valence-electron chi connectivity index (χ1n) is 7.69. The van der Waals surface area contributed by atoms with Crippen LogP contribution in [0.2, 0.25) is 0 Å². The van der Waals surface area contributed by atoms with E-state index in [-0.39, 0.29) is 5.57 Å². The van der Waals surface area contributed by atoms with E-state index in [1.807, 2.05) is 43.5 Å². The van der Waals surface area contributed by atoms with Gasteiger partial charge in [0, 0.05) is 29.7 Å². The predicted octanol–water partition coefficient (Wildman–Crippen LogP) is 3.34. The van der Waals surface area contributed by atoms with Crippen LogP contribution in [0.4, 0.5) is 0 Å². The van der Waals surface area contributed by atoms with Crippen molar-refractivity contribution in [2.24, 2.45) is 0 Å². The van der Waals surface area contributed by atoms with Crippen LogP contribution in [0.5, 0.6) is 0 Å². The highest BCUT2D eigenvalue weighted by Crippen LogP contribution is 2.17. The van der Waals surface area contributed by atoms with Gasteiger partial charge >= 0.3 is 0 Å². The summed E-state index contributed by atoms with van der Waals surface area (Å²) in [4.78, 5) is 15.3. The molecule has 0 spiro atoms. The Morgan fingerprint density at radius 3 is 2.92 bits per heavy atom. The second-order valence-electron chi connectivity index (χ2n) is 5.48. The molecule has 3 aromatic rings. The summed E-state index contributed by atoms with van der Waals surface area (Å²) in [5.41, 5.74) is 2.24. The molecular formula is C19H17N3O2. The third kappa shape index (κ3) is 3.39. The molecule has 0 fully saturated rings. The van der Waals surface area contributed by atoms with E-state index in [1.54, 1.807) is 12.1 Å². The van der Waals surface area contributed by atoms with Crippen LogP contribution in [0, 0.1) is 18.3 Å². The monoisotopic (exact) mass is 319 g/mol. The molecule has 5 heteroatoms. The zero-order chi connectivity index (χ0) is 16.9. The van der Waals surface area contributed by atoms with Gasteiger partial charge < -0.3 is 14.7 Å². The zero-order valence-electron chi connectivity index (χ0n) is 13.3. The maximum Gasteiger partial charge on any atom is 0.262 e. The van der Waals surface area contributed by atoms with Crippen molar-refractivity contribution in [3.8, 4) is 6.07 Å². The molecule has 0 unspecified atom stereocenters. The Morgan fingerprint density at radius 1 is 1.33 bits per heavy atom. The number of furan rings is 1. The summed E-state index contributed by atoms with van der Waals surface area (Å²) in [5, 5.41) is 13.1. The molecule has 0 radical (unpaired) electrons. The first kappa shape index (κ1) is 15.6. The van der Waals surface area contributed by atoms with E-state index in [9.17, 15) is 4.79 Å². The molecule has 3 rings (SSSR count). The number of H-pyrrole nitrogens is 1. The molecule has 2 N–H and O–H groups in total. The predicted molar refractivity (Wildman–Crippen MR) is 92.0 cm³/mol. The molecule has 24 heavy (non-hydrogen) atoms. The summed E-state index contributed by atoms with van der Waals surface area (Å²) in [6, 6.07) is 13.5. The number of rotatable bonds is 5. The Bertz CT molecular complexity index is 941. The van der Waals surface area contributed by atoms with E-state index < -0.39 is 5.91 Å². The fourth-order valence-corrected chi connectivity index (χ4v) is 2.57. The summed E-state index contributed by atoms with van der Waals surface area (Å²) in [6.07, 6.45) is 4.09. The van der Waals surface area contributed by atoms with Crippen LogP contribution in [-0.4, -0.2) is 17.4 Å². The van der Waals surface area contributed by atoms with E-state index >= 15 is 0 Å². The molecule has 0 aliphatic rings. The van der Waals surface area contributed by atoms with Gasteiger partial charge in [-0.15, -0.1) is 0 Å². The molecule has 0 atom stereocenters. The standard InChI is InChI=1S/C19H17N3O2/c1-13-6-7-16(24-13)10-15(11-20)19(23)21-9-8-14-12-22-18-5-3-2-4-17(14)18/h2-7,10,12,22H,8-9H2,1H3,(H,21,23)/b15-10+. The van der Waals surface area contributed by atoms with Crippen molar-refractivity contribution >= 4 is 22.9 Å². The number of aromatic nitrogens is 1. The molecular weight excluding hydrogens is 302 g/mol. The second kappa shape index (κ2) is 6.88. The molecule has 0 bridgehead atoms. The maximum atomic E-state index is 12.1. The summed E-state index contributed by atoms with van der Waals surface area (Å²) < 4.78 is 5.37. The molecule has 1 aromatic carbocycles. The highest BCUT2D eigenvalue weighted by atomic mass is 16.3. The van der Waals surface area contributed by atoms with Gasteiger partial charge in [-0.05, 0) is 37.1 Å². The Labute approximate surface area is 139 Å². The zero-order valence-corrected chi connectivity index (χ0v) is 13.3. The van der Waals surface area contributed by atoms with Crippen LogP contribution < -0.4 is 5.32 Å². The lowest BCUT2D eigenvalue weighted by molar-refractivity contribution is -0.117. The van der Waals surface area contributed by atoms with E-state index in [1.165, 1.54) is 6.08 Å². The van der Waals surface area contributed by atoms with Crippen LogP contribution >= 0.6 is 0 Å². The lowest BCUT2D eigenvalue weighted by Gasteiger charge is -2.03. The summed E-state index contributed by atoms with van der Waals surface area (Å²) in [7, 11) is 0. The number of aryl methyl sites for hydroxylation is 1. The number of amides is 1. The van der Waals surface area contributed by atoms with Crippen molar-refractivity contribution in [3.05, 3.63) is 65.3 Å². The average Bonchev–Trinajstić information content (AvgIpc) is 3.19. The Balaban J connectivity index is 1.62. The van der Waals surface area contributed by atoms with E-state index in [4.69, 9.17) is 9.68 Å². The van der Waals surface area contributed by atoms with Crippen molar-refractivity contribution in [2.75, 3.05) is 6.54 Å². The number of carbonyl (C=O) groups excluding carboxylic acids is 1. The first-order valence-corrected chi connectivity index (χ1v) is 7.69. The van der Waals surface area contributed by atoms with Crippen LogP contribution in [0.25, 0.3) is 17.0 Å². The minimum atomic E-state index is -0.397. The molecule has 0 aliphatic carbocycles. The van der Waals surface area contributed by atoms with Gasteiger partial charge in [-0.25, -0.2) is 0 Å². The fraction of sp³-hybridized carbons (Fsp3) is 0.158. The number of aromatic amines is 1. The SMILES string of the molecule is Cc1ccc(/C=C(\C#N)C(=O)NCCc2c[nH]c3ccccc23)o1. The molecule has 120 valence electrons. The first-order chi connectivity index (χ1) is 11.7. The second-order valence-corrected chi connectivity index (χ2v) is 5.48. The number of nitriles is 1. The van der Waals surface area contributed by atoms with Crippen LogP contribution in [0.15, 0.2) is 52.6 Å². The highest BCUT2D eigenvalue weighted by molar-refractivity contribution is 6.01. The minimum Gasteiger partial charge on any atom is -0.462 e. The van der Waals surface area contributed by atoms with E-state index in [0.29, 0.717) is 18.7 Å². The maximum absolute atomic E-state index is 12.1. The quantitative estimate of drug-likeness (QED) is 0.559. The number of hydrogen-bond acceptors (Lipinski definition) is 3. The number of nitrogens with zero attached hydrogens (tertiary/aromatic N) is 1. The summed E-state index contributed by atoms with van der Waals surface area (Å²) >= 11 is 0. The van der Waals surface area contributed by atoms with Gasteiger partial charge in [-0.1, -0.05) is 18.2 Å². The molecule has 0 saturated carbocycles. The van der Waals surface area contributed by atoms with Gasteiger partial charge in [0.15, 0.2) is 0 Å². The summed E-state index contributed by atoms with van der Waals surface area (Å²) in [5.74, 6) is 0.834. The number of hydrogen-bond donors (Lipinski definition) is 2. The normalized spacial score (nSPS) is 11.4. The van der Waals surface area contributed by atoms with Crippen LogP contribution in [-0.2, 0) is 11.2 Å². The van der Waals surface area contributed by atoms with Crippen molar-refractivity contribution in [2.45, 2.75) is 13.3 Å². The Kier molecular flexibility index (Phi) is 4.48. The highest BCUT2D eigenvalue weighted by Gasteiger charge is 2.10. The number of nitrogens with one attached hydrogen (secondary N) is 2. The fourth-order valence-electron chi connectivity index (χ4n) is 2.57. The number of para-hydroxylation sites is 1. The molecule has 1 amide bonds. The largest absolute Gasteiger partial charge is 0.462 e. The van der Waals surface area contributed by atoms with Crippen LogP contribution in [0.3, 0.4) is 0 Å². The number of benzene rings is 1. The van der Waals surface area contributed by atoms with Crippen molar-refractivity contribution < 1.29 is 9.21 Å². The van der Waals surface area contributed by atoms with Gasteiger partial charge in [0.1, 0.15) is 23.2 Å². The van der Waals surface area contributed by atoms with Gasteiger partial charge in [0.25, 0.3) is 5.91 Å². The van der Waals surface area contributed by atoms with Gasteiger partial charge in [-0.3, -0.25) is 4.79 Å². The van der Waals surface area contributed by atoms with Crippen molar-refractivity contribution in [1.29, 1.82) is 5.26 Å². The van der Waals surface area contributed by atoms with E-state index in [0.717, 1.165) is 22.2 Å². The molecule has 2 heterocycles. The molecule has 0 saturated heterocycles. The van der Waals surface area contributed by atoms with Gasteiger partial charge in [-0.2, -0.15) is 5.26 Å². The molecule has 0 aliphatic heterocycles. The van der Waals surface area contributed by atoms with Crippen molar-refractivity contribution in [3.63, 3.8) is 0 Å². The smallest absolute Gasteiger partial charge is 0.262 e. The summed E-state index contributed by atoms with van der Waals surface area (Å²) in [6.45, 7) is 2.27. The topological polar surface area (TPSA) is 81.8 Å². The third-order valence-electron chi connectivity index (χ3n) is 3.77. The lowest BCUT2D eigenvalue weighted by Crippen LogP contribution is -2.26. The third-order valence-corrected chi connectivity index (χ3v) is 3.77. The van der Waals surface area contributed by atoms with Crippen LogP contribution in [0.1, 0.15) is 17.1 Å². The van der Waals surface area contributed by atoms with Crippen molar-refractivity contribution in [1.82, 2.24) is 10.3 Å².